The van der Waals surface area contributed by atoms with E-state index in [4.69, 9.17) is 16.3 Å². The van der Waals surface area contributed by atoms with E-state index in [9.17, 15) is 13.2 Å². The van der Waals surface area contributed by atoms with Crippen molar-refractivity contribution in [1.29, 1.82) is 0 Å². The lowest BCUT2D eigenvalue weighted by atomic mass is 10.1. The fourth-order valence-electron chi connectivity index (χ4n) is 3.93. The molecule has 1 N–H and O–H groups in total. The van der Waals surface area contributed by atoms with E-state index < -0.39 is 22.0 Å². The Hall–Kier alpha value is -2.45. The number of methoxy groups -OCH3 is 1. The molecular weight excluding hydrogens is 450 g/mol. The molecule has 174 valence electrons. The summed E-state index contributed by atoms with van der Waals surface area (Å²) in [6.45, 7) is 3.98. The van der Waals surface area contributed by atoms with Crippen LogP contribution in [0.2, 0.25) is 5.02 Å². The lowest BCUT2D eigenvalue weighted by molar-refractivity contribution is -0.122. The first-order valence-corrected chi connectivity index (χ1v) is 12.9. The minimum Gasteiger partial charge on any atom is -0.495 e. The summed E-state index contributed by atoms with van der Waals surface area (Å²) in [5.74, 6) is -0.106. The number of rotatable bonds is 8. The number of sulfonamides is 1. The number of ether oxygens (including phenoxy) is 1. The van der Waals surface area contributed by atoms with Crippen LogP contribution in [-0.4, -0.2) is 46.8 Å². The molecule has 7 nitrogen and oxygen atoms in total. The van der Waals surface area contributed by atoms with E-state index in [1.54, 1.807) is 12.1 Å². The summed E-state index contributed by atoms with van der Waals surface area (Å²) in [6.07, 6.45) is 4.76. The lowest BCUT2D eigenvalue weighted by Crippen LogP contribution is -2.47. The fourth-order valence-corrected chi connectivity index (χ4v) is 5.27. The van der Waals surface area contributed by atoms with E-state index in [1.165, 1.54) is 45.0 Å². The van der Waals surface area contributed by atoms with Gasteiger partial charge in [0, 0.05) is 30.3 Å². The molecule has 2 aromatic rings. The quantitative estimate of drug-likeness (QED) is 0.622. The molecule has 1 heterocycles. The molecule has 0 unspecified atom stereocenters. The Morgan fingerprint density at radius 2 is 1.81 bits per heavy atom. The summed E-state index contributed by atoms with van der Waals surface area (Å²) >= 11 is 6.08. The molecule has 1 aliphatic heterocycles. The zero-order valence-electron chi connectivity index (χ0n) is 18.7. The van der Waals surface area contributed by atoms with Crippen molar-refractivity contribution in [1.82, 2.24) is 5.32 Å². The predicted molar refractivity (Wildman–Crippen MR) is 129 cm³/mol. The van der Waals surface area contributed by atoms with Crippen molar-refractivity contribution in [2.75, 3.05) is 35.7 Å². The highest BCUT2D eigenvalue weighted by molar-refractivity contribution is 7.92. The number of carbonyl (C=O) groups excluding carboxylic acids is 1. The second-order valence-corrected chi connectivity index (χ2v) is 10.3. The maximum absolute atomic E-state index is 12.9. The summed E-state index contributed by atoms with van der Waals surface area (Å²) in [7, 11) is -2.35. The highest BCUT2D eigenvalue weighted by atomic mass is 35.5. The largest absolute Gasteiger partial charge is 0.495 e. The number of benzene rings is 2. The molecule has 0 saturated carbocycles. The van der Waals surface area contributed by atoms with Crippen LogP contribution in [0.25, 0.3) is 0 Å². The van der Waals surface area contributed by atoms with Crippen molar-refractivity contribution in [2.24, 2.45) is 0 Å². The summed E-state index contributed by atoms with van der Waals surface area (Å²) < 4.78 is 31.5. The molecule has 0 spiro atoms. The number of hydrogen-bond acceptors (Lipinski definition) is 5. The zero-order chi connectivity index (χ0) is 23.3. The third-order valence-electron chi connectivity index (χ3n) is 5.59. The Morgan fingerprint density at radius 3 is 2.41 bits per heavy atom. The monoisotopic (exact) mass is 479 g/mol. The van der Waals surface area contributed by atoms with Crippen molar-refractivity contribution in [3.05, 3.63) is 53.1 Å². The predicted octanol–water partition coefficient (Wildman–Crippen LogP) is 3.81. The second kappa shape index (κ2) is 10.4. The third kappa shape index (κ3) is 5.86. The molecule has 1 amide bonds. The Morgan fingerprint density at radius 1 is 1.16 bits per heavy atom. The van der Waals surface area contributed by atoms with Gasteiger partial charge in [-0.2, -0.15) is 0 Å². The van der Waals surface area contributed by atoms with Crippen LogP contribution in [0.4, 0.5) is 11.4 Å². The van der Waals surface area contributed by atoms with Crippen LogP contribution in [0.3, 0.4) is 0 Å². The van der Waals surface area contributed by atoms with Crippen LogP contribution >= 0.6 is 11.6 Å². The molecule has 0 radical (unpaired) electrons. The van der Waals surface area contributed by atoms with E-state index in [-0.39, 0.29) is 5.69 Å². The summed E-state index contributed by atoms with van der Waals surface area (Å²) in [4.78, 5) is 15.2. The summed E-state index contributed by atoms with van der Waals surface area (Å²) in [5, 5.41) is 3.18. The maximum atomic E-state index is 12.9. The SMILES string of the molecule is COc1ccc(Cl)cc1N([C@H](C)C(=O)NCc1ccc(N2CCCCC2)cc1)S(C)(=O)=O. The summed E-state index contributed by atoms with van der Waals surface area (Å²) in [6, 6.07) is 11.8. The van der Waals surface area contributed by atoms with Crippen molar-refractivity contribution >= 4 is 38.9 Å². The Bertz CT molecular complexity index is 1040. The molecular formula is C23H30ClN3O4S. The second-order valence-electron chi connectivity index (χ2n) is 7.98. The minimum absolute atomic E-state index is 0.219. The molecule has 2 aromatic carbocycles. The number of anilines is 2. The number of carbonyl (C=O) groups is 1. The summed E-state index contributed by atoms with van der Waals surface area (Å²) in [5.41, 5.74) is 2.35. The van der Waals surface area contributed by atoms with Gasteiger partial charge >= 0.3 is 0 Å². The first kappa shape index (κ1) is 24.2. The number of nitrogens with zero attached hydrogens (tertiary/aromatic N) is 2. The molecule has 3 rings (SSSR count). The average molecular weight is 480 g/mol. The normalized spacial score (nSPS) is 15.2. The molecule has 1 atom stereocenters. The Balaban J connectivity index is 1.71. The van der Waals surface area contributed by atoms with Gasteiger partial charge in [0.2, 0.25) is 15.9 Å². The van der Waals surface area contributed by atoms with Gasteiger partial charge in [0.1, 0.15) is 11.8 Å². The molecule has 1 saturated heterocycles. The van der Waals surface area contributed by atoms with Crippen molar-refractivity contribution in [3.8, 4) is 5.75 Å². The molecule has 0 bridgehead atoms. The highest BCUT2D eigenvalue weighted by Gasteiger charge is 2.31. The van der Waals surface area contributed by atoms with Gasteiger partial charge in [-0.1, -0.05) is 23.7 Å². The number of halogens is 1. The smallest absolute Gasteiger partial charge is 0.243 e. The van der Waals surface area contributed by atoms with Crippen LogP contribution in [0.15, 0.2) is 42.5 Å². The zero-order valence-corrected chi connectivity index (χ0v) is 20.2. The molecule has 1 aliphatic rings. The van der Waals surface area contributed by atoms with E-state index in [0.29, 0.717) is 17.3 Å². The van der Waals surface area contributed by atoms with Gasteiger partial charge in [-0.3, -0.25) is 9.10 Å². The number of amides is 1. The highest BCUT2D eigenvalue weighted by Crippen LogP contribution is 2.34. The van der Waals surface area contributed by atoms with Gasteiger partial charge in [0.15, 0.2) is 0 Å². The standard InChI is InChI=1S/C23H30ClN3O4S/c1-17(27(32(3,29)30)21-15-19(24)9-12-22(21)31-2)23(28)25-16-18-7-10-20(11-8-18)26-13-5-4-6-14-26/h7-12,15,17H,4-6,13-14,16H2,1-3H3,(H,25,28)/t17-/m1/s1. The first-order chi connectivity index (χ1) is 15.2. The van der Waals surface area contributed by atoms with Gasteiger partial charge in [-0.05, 0) is 62.1 Å². The molecule has 0 aromatic heterocycles. The Kier molecular flexibility index (Phi) is 7.90. The van der Waals surface area contributed by atoms with Crippen LogP contribution in [0, 0.1) is 0 Å². The van der Waals surface area contributed by atoms with Gasteiger partial charge in [0.25, 0.3) is 0 Å². The first-order valence-electron chi connectivity index (χ1n) is 10.7. The van der Waals surface area contributed by atoms with E-state index in [0.717, 1.165) is 29.2 Å². The fraction of sp³-hybridized carbons (Fsp3) is 0.435. The number of hydrogen-bond donors (Lipinski definition) is 1. The van der Waals surface area contributed by atoms with Gasteiger partial charge in [0.05, 0.1) is 19.1 Å². The Labute approximate surface area is 195 Å². The molecule has 9 heteroatoms. The number of piperidine rings is 1. The molecule has 32 heavy (non-hydrogen) atoms. The average Bonchev–Trinajstić information content (AvgIpc) is 2.77. The van der Waals surface area contributed by atoms with Gasteiger partial charge < -0.3 is 15.0 Å². The lowest BCUT2D eigenvalue weighted by Gasteiger charge is -2.29. The van der Waals surface area contributed by atoms with Crippen molar-refractivity contribution < 1.29 is 17.9 Å². The van der Waals surface area contributed by atoms with Crippen molar-refractivity contribution in [3.63, 3.8) is 0 Å². The van der Waals surface area contributed by atoms with Crippen LogP contribution < -0.4 is 19.3 Å². The topological polar surface area (TPSA) is 79.0 Å². The minimum atomic E-state index is -3.78. The maximum Gasteiger partial charge on any atom is 0.243 e. The number of nitrogens with one attached hydrogen (secondary N) is 1. The van der Waals surface area contributed by atoms with Crippen LogP contribution in [0.5, 0.6) is 5.75 Å². The van der Waals surface area contributed by atoms with Crippen LogP contribution in [-0.2, 0) is 21.4 Å². The van der Waals surface area contributed by atoms with E-state index >= 15 is 0 Å². The van der Waals surface area contributed by atoms with Gasteiger partial charge in [-0.15, -0.1) is 0 Å². The molecule has 0 aliphatic carbocycles. The van der Waals surface area contributed by atoms with Crippen LogP contribution in [0.1, 0.15) is 31.7 Å². The van der Waals surface area contributed by atoms with E-state index in [1.807, 2.05) is 12.1 Å². The van der Waals surface area contributed by atoms with E-state index in [2.05, 4.69) is 22.3 Å². The van der Waals surface area contributed by atoms with Crippen molar-refractivity contribution in [2.45, 2.75) is 38.8 Å². The molecule has 1 fully saturated rings. The van der Waals surface area contributed by atoms with Gasteiger partial charge in [-0.25, -0.2) is 8.42 Å². The third-order valence-corrected chi connectivity index (χ3v) is 7.05.